The third-order valence-electron chi connectivity index (χ3n) is 4.03. The van der Waals surface area contributed by atoms with E-state index in [1.807, 2.05) is 0 Å². The zero-order valence-corrected chi connectivity index (χ0v) is 12.1. The second-order valence-corrected chi connectivity index (χ2v) is 5.86. The number of carbonyl (C=O) groups is 1. The molecule has 1 fully saturated rings. The highest BCUT2D eigenvalue weighted by molar-refractivity contribution is 5.79. The Labute approximate surface area is 111 Å². The molecule has 4 nitrogen and oxygen atoms in total. The first-order valence-electron chi connectivity index (χ1n) is 7.20. The molecule has 0 aromatic rings. The van der Waals surface area contributed by atoms with Crippen molar-refractivity contribution >= 4 is 5.91 Å². The third-order valence-corrected chi connectivity index (χ3v) is 4.03. The summed E-state index contributed by atoms with van der Waals surface area (Å²) in [6.45, 7) is 3.99. The van der Waals surface area contributed by atoms with Crippen molar-refractivity contribution < 1.29 is 4.79 Å². The predicted molar refractivity (Wildman–Crippen MR) is 75.3 cm³/mol. The smallest absolute Gasteiger partial charge is 0.223 e. The van der Waals surface area contributed by atoms with Gasteiger partial charge in [-0.3, -0.25) is 4.79 Å². The molecule has 3 unspecified atom stereocenters. The van der Waals surface area contributed by atoms with Gasteiger partial charge in [0, 0.05) is 18.5 Å². The number of amides is 1. The van der Waals surface area contributed by atoms with Gasteiger partial charge in [0.2, 0.25) is 5.91 Å². The summed E-state index contributed by atoms with van der Waals surface area (Å²) in [7, 11) is 4.15. The van der Waals surface area contributed by atoms with E-state index in [-0.39, 0.29) is 17.9 Å². The third kappa shape index (κ3) is 4.94. The van der Waals surface area contributed by atoms with E-state index < -0.39 is 0 Å². The molecule has 0 aromatic carbocycles. The zero-order valence-electron chi connectivity index (χ0n) is 12.1. The van der Waals surface area contributed by atoms with Crippen molar-refractivity contribution in [2.24, 2.45) is 17.6 Å². The van der Waals surface area contributed by atoms with Crippen LogP contribution in [0.2, 0.25) is 0 Å². The molecule has 1 saturated carbocycles. The molecule has 0 radical (unpaired) electrons. The highest BCUT2D eigenvalue weighted by Crippen LogP contribution is 2.28. The molecule has 18 heavy (non-hydrogen) atoms. The lowest BCUT2D eigenvalue weighted by atomic mass is 9.77. The summed E-state index contributed by atoms with van der Waals surface area (Å²) >= 11 is 0. The van der Waals surface area contributed by atoms with E-state index in [1.165, 1.54) is 0 Å². The lowest BCUT2D eigenvalue weighted by molar-refractivity contribution is -0.127. The number of unbranched alkanes of at least 4 members (excludes halogenated alkanes) is 1. The summed E-state index contributed by atoms with van der Waals surface area (Å²) in [5.41, 5.74) is 6.03. The molecular formula is C14H29N3O. The van der Waals surface area contributed by atoms with Gasteiger partial charge in [-0.1, -0.05) is 13.3 Å². The first-order valence-corrected chi connectivity index (χ1v) is 7.20. The van der Waals surface area contributed by atoms with Crippen LogP contribution in [0.25, 0.3) is 0 Å². The van der Waals surface area contributed by atoms with Crippen molar-refractivity contribution in [1.82, 2.24) is 10.2 Å². The van der Waals surface area contributed by atoms with E-state index in [4.69, 9.17) is 5.73 Å². The molecule has 0 aliphatic heterocycles. The maximum Gasteiger partial charge on any atom is 0.223 e. The molecule has 1 amide bonds. The molecule has 0 heterocycles. The summed E-state index contributed by atoms with van der Waals surface area (Å²) in [4.78, 5) is 14.2. The zero-order chi connectivity index (χ0) is 13.5. The minimum absolute atomic E-state index is 0.127. The average molecular weight is 255 g/mol. The summed E-state index contributed by atoms with van der Waals surface area (Å²) in [5.74, 6) is 0.658. The van der Waals surface area contributed by atoms with Crippen molar-refractivity contribution in [3.63, 3.8) is 0 Å². The van der Waals surface area contributed by atoms with Crippen molar-refractivity contribution in [1.29, 1.82) is 0 Å². The molecule has 1 rings (SSSR count). The molecule has 106 valence electrons. The Balaban J connectivity index is 2.19. The summed E-state index contributed by atoms with van der Waals surface area (Å²) in [5, 5.41) is 3.06. The fourth-order valence-corrected chi connectivity index (χ4v) is 2.66. The molecule has 3 atom stereocenters. The normalized spacial score (nSPS) is 28.4. The van der Waals surface area contributed by atoms with E-state index in [2.05, 4.69) is 31.2 Å². The quantitative estimate of drug-likeness (QED) is 0.701. The van der Waals surface area contributed by atoms with Crippen LogP contribution in [-0.4, -0.2) is 44.0 Å². The largest absolute Gasteiger partial charge is 0.356 e. The number of rotatable bonds is 6. The highest BCUT2D eigenvalue weighted by atomic mass is 16.1. The van der Waals surface area contributed by atoms with E-state index >= 15 is 0 Å². The Hall–Kier alpha value is -0.610. The molecule has 3 N–H and O–H groups in total. The molecule has 1 aliphatic rings. The van der Waals surface area contributed by atoms with E-state index in [0.717, 1.165) is 45.2 Å². The van der Waals surface area contributed by atoms with Crippen molar-refractivity contribution in [2.45, 2.75) is 45.1 Å². The Bertz CT molecular complexity index is 255. The molecular weight excluding hydrogens is 226 g/mol. The van der Waals surface area contributed by atoms with Gasteiger partial charge in [-0.05, 0) is 52.2 Å². The number of nitrogens with two attached hydrogens (primary N) is 1. The molecule has 0 aromatic heterocycles. The molecule has 4 heteroatoms. The fraction of sp³-hybridized carbons (Fsp3) is 0.929. The van der Waals surface area contributed by atoms with Gasteiger partial charge in [0.25, 0.3) is 0 Å². The Morgan fingerprint density at radius 3 is 2.72 bits per heavy atom. The van der Waals surface area contributed by atoms with E-state index in [0.29, 0.717) is 5.92 Å². The van der Waals surface area contributed by atoms with Crippen molar-refractivity contribution in [3.05, 3.63) is 0 Å². The van der Waals surface area contributed by atoms with Crippen LogP contribution in [0.4, 0.5) is 0 Å². The Kier molecular flexibility index (Phi) is 6.65. The predicted octanol–water partition coefficient (Wildman–Crippen LogP) is 1.21. The number of carbonyl (C=O) groups excluding carboxylic acids is 1. The van der Waals surface area contributed by atoms with Crippen LogP contribution in [0.3, 0.4) is 0 Å². The van der Waals surface area contributed by atoms with Crippen molar-refractivity contribution in [3.8, 4) is 0 Å². The Morgan fingerprint density at radius 1 is 1.33 bits per heavy atom. The number of nitrogens with one attached hydrogen (secondary N) is 1. The van der Waals surface area contributed by atoms with Crippen LogP contribution in [0.5, 0.6) is 0 Å². The van der Waals surface area contributed by atoms with Gasteiger partial charge >= 0.3 is 0 Å². The molecule has 0 bridgehead atoms. The molecule has 0 spiro atoms. The summed E-state index contributed by atoms with van der Waals surface area (Å²) in [6, 6.07) is 0.197. The number of hydrogen-bond donors (Lipinski definition) is 2. The van der Waals surface area contributed by atoms with Crippen LogP contribution < -0.4 is 11.1 Å². The van der Waals surface area contributed by atoms with Gasteiger partial charge in [0.1, 0.15) is 0 Å². The SMILES string of the molecule is CC1C(N)CCCC1C(=O)NCCCCN(C)C. The minimum atomic E-state index is 0.127. The second-order valence-electron chi connectivity index (χ2n) is 5.86. The van der Waals surface area contributed by atoms with Crippen LogP contribution in [0, 0.1) is 11.8 Å². The lowest BCUT2D eigenvalue weighted by Crippen LogP contribution is -2.44. The van der Waals surface area contributed by atoms with Crippen LogP contribution in [0.1, 0.15) is 39.0 Å². The van der Waals surface area contributed by atoms with Gasteiger partial charge in [0.05, 0.1) is 0 Å². The van der Waals surface area contributed by atoms with E-state index in [1.54, 1.807) is 0 Å². The summed E-state index contributed by atoms with van der Waals surface area (Å²) < 4.78 is 0. The molecule has 1 aliphatic carbocycles. The highest BCUT2D eigenvalue weighted by Gasteiger charge is 2.32. The standard InChI is InChI=1S/C14H29N3O/c1-11-12(7-6-8-13(11)15)14(18)16-9-4-5-10-17(2)3/h11-13H,4-10,15H2,1-3H3,(H,16,18). The average Bonchev–Trinajstić information content (AvgIpc) is 2.31. The first kappa shape index (κ1) is 15.4. The Morgan fingerprint density at radius 2 is 2.06 bits per heavy atom. The van der Waals surface area contributed by atoms with Crippen LogP contribution in [-0.2, 0) is 4.79 Å². The van der Waals surface area contributed by atoms with Gasteiger partial charge in [-0.25, -0.2) is 0 Å². The van der Waals surface area contributed by atoms with Gasteiger partial charge in [-0.2, -0.15) is 0 Å². The van der Waals surface area contributed by atoms with Crippen LogP contribution in [0.15, 0.2) is 0 Å². The maximum atomic E-state index is 12.1. The van der Waals surface area contributed by atoms with Gasteiger partial charge < -0.3 is 16.0 Å². The summed E-state index contributed by atoms with van der Waals surface area (Å²) in [6.07, 6.45) is 5.33. The van der Waals surface area contributed by atoms with Gasteiger partial charge in [-0.15, -0.1) is 0 Å². The second kappa shape index (κ2) is 7.74. The topological polar surface area (TPSA) is 58.4 Å². The monoisotopic (exact) mass is 255 g/mol. The first-order chi connectivity index (χ1) is 8.52. The van der Waals surface area contributed by atoms with E-state index in [9.17, 15) is 4.79 Å². The number of nitrogens with zero attached hydrogens (tertiary/aromatic N) is 1. The van der Waals surface area contributed by atoms with Gasteiger partial charge in [0.15, 0.2) is 0 Å². The lowest BCUT2D eigenvalue weighted by Gasteiger charge is -2.32. The minimum Gasteiger partial charge on any atom is -0.356 e. The number of hydrogen-bond acceptors (Lipinski definition) is 3. The maximum absolute atomic E-state index is 12.1. The molecule has 0 saturated heterocycles. The van der Waals surface area contributed by atoms with Crippen LogP contribution >= 0.6 is 0 Å². The van der Waals surface area contributed by atoms with Crippen molar-refractivity contribution in [2.75, 3.05) is 27.2 Å². The fourth-order valence-electron chi connectivity index (χ4n) is 2.66.